The van der Waals surface area contributed by atoms with Crippen LogP contribution in [0.2, 0.25) is 0 Å². The number of rotatable bonds is 1. The molecule has 2 heterocycles. The van der Waals surface area contributed by atoms with Gasteiger partial charge in [0.05, 0.1) is 16.7 Å². The van der Waals surface area contributed by atoms with Crippen LogP contribution >= 0.6 is 0 Å². The number of aryl methyl sites for hydroxylation is 1. The summed E-state index contributed by atoms with van der Waals surface area (Å²) in [4.78, 5) is 0. The van der Waals surface area contributed by atoms with Gasteiger partial charge in [0, 0.05) is 7.05 Å². The zero-order valence-electron chi connectivity index (χ0n) is 12.0. The third kappa shape index (κ3) is 1.86. The van der Waals surface area contributed by atoms with Crippen LogP contribution < -0.4 is 5.46 Å². The van der Waals surface area contributed by atoms with Gasteiger partial charge in [-0.05, 0) is 45.3 Å². The van der Waals surface area contributed by atoms with Crippen LogP contribution in [0.4, 0.5) is 0 Å². The van der Waals surface area contributed by atoms with Gasteiger partial charge in [0.15, 0.2) is 0 Å². The molecule has 0 aliphatic carbocycles. The maximum Gasteiger partial charge on any atom is 0.494 e. The molecule has 0 unspecified atom stereocenters. The van der Waals surface area contributed by atoms with E-state index in [0.717, 1.165) is 16.5 Å². The van der Waals surface area contributed by atoms with E-state index in [0.29, 0.717) is 0 Å². The summed E-state index contributed by atoms with van der Waals surface area (Å²) < 4.78 is 13.8. The Balaban J connectivity index is 2.00. The maximum absolute atomic E-state index is 6.04. The zero-order valence-corrected chi connectivity index (χ0v) is 12.0. The van der Waals surface area contributed by atoms with Gasteiger partial charge >= 0.3 is 7.12 Å². The summed E-state index contributed by atoms with van der Waals surface area (Å²) in [5, 5.41) is 8.08. The number of fused-ring (bicyclic) bond motifs is 1. The maximum atomic E-state index is 6.04. The van der Waals surface area contributed by atoms with Crippen LogP contribution in [-0.4, -0.2) is 33.3 Å². The van der Waals surface area contributed by atoms with Crippen LogP contribution in [0.15, 0.2) is 18.2 Å². The Morgan fingerprint density at radius 3 is 2.37 bits per heavy atom. The molecule has 2 aromatic rings. The monoisotopic (exact) mass is 259 g/mol. The van der Waals surface area contributed by atoms with Crippen LogP contribution in [0.25, 0.3) is 11.0 Å². The van der Waals surface area contributed by atoms with E-state index < -0.39 is 0 Å². The molecule has 5 nitrogen and oxygen atoms in total. The molecule has 0 amide bonds. The van der Waals surface area contributed by atoms with Crippen molar-refractivity contribution in [2.45, 2.75) is 38.9 Å². The largest absolute Gasteiger partial charge is 0.494 e. The minimum absolute atomic E-state index is 0.322. The highest BCUT2D eigenvalue weighted by Crippen LogP contribution is 2.36. The van der Waals surface area contributed by atoms with Crippen LogP contribution in [0.3, 0.4) is 0 Å². The highest BCUT2D eigenvalue weighted by atomic mass is 16.7. The third-order valence-electron chi connectivity index (χ3n) is 4.16. The Morgan fingerprint density at radius 2 is 1.74 bits per heavy atom. The van der Waals surface area contributed by atoms with Crippen molar-refractivity contribution in [1.29, 1.82) is 0 Å². The third-order valence-corrected chi connectivity index (χ3v) is 4.16. The average Bonchev–Trinajstić information content (AvgIpc) is 2.78. The molecule has 100 valence electrons. The second-order valence-electron chi connectivity index (χ2n) is 6.05. The summed E-state index contributed by atoms with van der Waals surface area (Å²) in [6.07, 6.45) is 0. The number of hydrogen-bond acceptors (Lipinski definition) is 4. The molecule has 1 aliphatic heterocycles. The zero-order chi connectivity index (χ0) is 13.8. The van der Waals surface area contributed by atoms with Gasteiger partial charge in [-0.15, -0.1) is 5.10 Å². The molecule has 0 atom stereocenters. The standard InChI is InChI=1S/C13H18BN3O2/c1-12(2)13(3,4)19-14(18-12)9-6-7-10-11(8-9)17(5)16-15-10/h6-8H,1-5H3. The van der Waals surface area contributed by atoms with E-state index in [4.69, 9.17) is 9.31 Å². The van der Waals surface area contributed by atoms with Crippen LogP contribution in [-0.2, 0) is 16.4 Å². The molecule has 1 aliphatic rings. The van der Waals surface area contributed by atoms with Crippen molar-refractivity contribution in [1.82, 2.24) is 15.0 Å². The molecule has 0 N–H and O–H groups in total. The van der Waals surface area contributed by atoms with Crippen molar-refractivity contribution in [3.05, 3.63) is 18.2 Å². The topological polar surface area (TPSA) is 49.2 Å². The summed E-state index contributed by atoms with van der Waals surface area (Å²) in [7, 11) is 1.54. The molecule has 1 aromatic carbocycles. The van der Waals surface area contributed by atoms with Crippen LogP contribution in [0, 0.1) is 0 Å². The molecule has 0 spiro atoms. The van der Waals surface area contributed by atoms with Crippen molar-refractivity contribution >= 4 is 23.6 Å². The molecule has 1 fully saturated rings. The van der Waals surface area contributed by atoms with E-state index in [9.17, 15) is 0 Å². The molecule has 1 aromatic heterocycles. The quantitative estimate of drug-likeness (QED) is 0.723. The first kappa shape index (κ1) is 12.6. The molecular weight excluding hydrogens is 241 g/mol. The van der Waals surface area contributed by atoms with Crippen molar-refractivity contribution in [3.63, 3.8) is 0 Å². The predicted octanol–water partition coefficient (Wildman–Crippen LogP) is 1.27. The molecular formula is C13H18BN3O2. The fourth-order valence-corrected chi connectivity index (χ4v) is 2.17. The minimum Gasteiger partial charge on any atom is -0.399 e. The van der Waals surface area contributed by atoms with Crippen LogP contribution in [0.5, 0.6) is 0 Å². The second-order valence-corrected chi connectivity index (χ2v) is 6.05. The van der Waals surface area contributed by atoms with Gasteiger partial charge in [-0.25, -0.2) is 4.68 Å². The first-order valence-corrected chi connectivity index (χ1v) is 6.45. The number of nitrogens with zero attached hydrogens (tertiary/aromatic N) is 3. The molecule has 0 bridgehead atoms. The average molecular weight is 259 g/mol. The molecule has 19 heavy (non-hydrogen) atoms. The van der Waals surface area contributed by atoms with Gasteiger partial charge in [0.25, 0.3) is 0 Å². The minimum atomic E-state index is -0.343. The van der Waals surface area contributed by atoms with E-state index in [2.05, 4.69) is 38.0 Å². The fraction of sp³-hybridized carbons (Fsp3) is 0.538. The van der Waals surface area contributed by atoms with E-state index in [1.165, 1.54) is 0 Å². The summed E-state index contributed by atoms with van der Waals surface area (Å²) in [5.41, 5.74) is 2.21. The second kappa shape index (κ2) is 3.80. The van der Waals surface area contributed by atoms with Crippen molar-refractivity contribution in [2.24, 2.45) is 7.05 Å². The van der Waals surface area contributed by atoms with E-state index in [-0.39, 0.29) is 18.3 Å². The highest BCUT2D eigenvalue weighted by molar-refractivity contribution is 6.62. The fourth-order valence-electron chi connectivity index (χ4n) is 2.17. The highest BCUT2D eigenvalue weighted by Gasteiger charge is 2.51. The summed E-state index contributed by atoms with van der Waals surface area (Å²) in [6.45, 7) is 8.21. The van der Waals surface area contributed by atoms with Gasteiger partial charge in [0.1, 0.15) is 5.52 Å². The van der Waals surface area contributed by atoms with Gasteiger partial charge in [-0.1, -0.05) is 11.3 Å². The van der Waals surface area contributed by atoms with E-state index in [1.54, 1.807) is 4.68 Å². The van der Waals surface area contributed by atoms with Gasteiger partial charge in [0.2, 0.25) is 0 Å². The number of hydrogen-bond donors (Lipinski definition) is 0. The molecule has 0 radical (unpaired) electrons. The molecule has 3 rings (SSSR count). The predicted molar refractivity (Wildman–Crippen MR) is 74.2 cm³/mol. The van der Waals surface area contributed by atoms with Crippen LogP contribution in [0.1, 0.15) is 27.7 Å². The van der Waals surface area contributed by atoms with Crippen molar-refractivity contribution in [2.75, 3.05) is 0 Å². The lowest BCUT2D eigenvalue weighted by Gasteiger charge is -2.32. The molecule has 6 heteroatoms. The lowest BCUT2D eigenvalue weighted by Crippen LogP contribution is -2.41. The summed E-state index contributed by atoms with van der Waals surface area (Å²) in [5.74, 6) is 0. The van der Waals surface area contributed by atoms with Gasteiger partial charge in [-0.2, -0.15) is 0 Å². The Kier molecular flexibility index (Phi) is 2.53. The molecule has 0 saturated carbocycles. The van der Waals surface area contributed by atoms with E-state index >= 15 is 0 Å². The summed E-state index contributed by atoms with van der Waals surface area (Å²) >= 11 is 0. The SMILES string of the molecule is Cn1nnc2ccc(B3OC(C)(C)C(C)(C)O3)cc21. The summed E-state index contributed by atoms with van der Waals surface area (Å²) in [6, 6.07) is 5.96. The number of benzene rings is 1. The van der Waals surface area contributed by atoms with Gasteiger partial charge < -0.3 is 9.31 Å². The van der Waals surface area contributed by atoms with E-state index in [1.807, 2.05) is 25.2 Å². The Morgan fingerprint density at radius 1 is 1.11 bits per heavy atom. The number of aromatic nitrogens is 3. The first-order valence-electron chi connectivity index (χ1n) is 6.45. The Hall–Kier alpha value is -1.40. The smallest absolute Gasteiger partial charge is 0.399 e. The Labute approximate surface area is 113 Å². The lowest BCUT2D eigenvalue weighted by atomic mass is 9.79. The van der Waals surface area contributed by atoms with Crippen molar-refractivity contribution in [3.8, 4) is 0 Å². The molecule has 1 saturated heterocycles. The van der Waals surface area contributed by atoms with Crippen molar-refractivity contribution < 1.29 is 9.31 Å². The first-order chi connectivity index (χ1) is 8.80. The Bertz CT molecular complexity index is 620. The lowest BCUT2D eigenvalue weighted by molar-refractivity contribution is 0.00578. The van der Waals surface area contributed by atoms with Gasteiger partial charge in [-0.3, -0.25) is 0 Å². The normalized spacial score (nSPS) is 21.2.